The molecule has 27 heavy (non-hydrogen) atoms. The van der Waals surface area contributed by atoms with Gasteiger partial charge < -0.3 is 10.2 Å². The Morgan fingerprint density at radius 2 is 2.11 bits per heavy atom. The summed E-state index contributed by atoms with van der Waals surface area (Å²) in [5.41, 5.74) is 1.05. The highest BCUT2D eigenvalue weighted by Gasteiger charge is 2.34. The van der Waals surface area contributed by atoms with Crippen molar-refractivity contribution >= 4 is 49.3 Å². The van der Waals surface area contributed by atoms with Crippen molar-refractivity contribution < 1.29 is 9.59 Å². The Kier molecular flexibility index (Phi) is 5.40. The van der Waals surface area contributed by atoms with Crippen LogP contribution >= 0.6 is 27.3 Å². The minimum Gasteiger partial charge on any atom is -0.350 e. The molecule has 1 atom stereocenters. The van der Waals surface area contributed by atoms with Crippen LogP contribution in [0.15, 0.2) is 28.7 Å². The maximum absolute atomic E-state index is 12.7. The number of halogens is 1. The van der Waals surface area contributed by atoms with Gasteiger partial charge in [0, 0.05) is 30.5 Å². The van der Waals surface area contributed by atoms with Crippen molar-refractivity contribution in [1.82, 2.24) is 15.5 Å². The molecule has 2 aromatic rings. The summed E-state index contributed by atoms with van der Waals surface area (Å²) in [7, 11) is 0. The van der Waals surface area contributed by atoms with Crippen LogP contribution in [0, 0.1) is 0 Å². The second-order valence-corrected chi connectivity index (χ2v) is 8.57. The highest BCUT2D eigenvalue weighted by Crippen LogP contribution is 2.33. The van der Waals surface area contributed by atoms with Gasteiger partial charge in [0.25, 0.3) is 0 Å². The Bertz CT molecular complexity index is 858. The average molecular weight is 450 g/mol. The minimum atomic E-state index is -0.243. The Labute approximate surface area is 169 Å². The van der Waals surface area contributed by atoms with E-state index in [1.165, 1.54) is 11.3 Å². The third-order valence-corrected chi connectivity index (χ3v) is 6.34. The summed E-state index contributed by atoms with van der Waals surface area (Å²) >= 11 is 4.84. The van der Waals surface area contributed by atoms with E-state index in [4.69, 9.17) is 0 Å². The van der Waals surface area contributed by atoms with Gasteiger partial charge in [0.2, 0.25) is 22.1 Å². The first kappa shape index (κ1) is 18.4. The zero-order chi connectivity index (χ0) is 18.8. The summed E-state index contributed by atoms with van der Waals surface area (Å²) in [5, 5.41) is 12.8. The van der Waals surface area contributed by atoms with E-state index in [1.54, 1.807) is 4.90 Å². The van der Waals surface area contributed by atoms with E-state index < -0.39 is 0 Å². The minimum absolute atomic E-state index is 0.00137. The second kappa shape index (κ2) is 7.93. The summed E-state index contributed by atoms with van der Waals surface area (Å²) in [6.07, 6.45) is 3.16. The maximum Gasteiger partial charge on any atom is 0.243 e. The molecule has 2 saturated heterocycles. The molecule has 2 fully saturated rings. The number of carbonyl (C=O) groups excluding carboxylic acids is 2. The van der Waals surface area contributed by atoms with Crippen molar-refractivity contribution in [3.8, 4) is 0 Å². The van der Waals surface area contributed by atoms with Gasteiger partial charge in [-0.3, -0.25) is 14.5 Å². The first-order valence-electron chi connectivity index (χ1n) is 9.04. The zero-order valence-electron chi connectivity index (χ0n) is 14.7. The molecule has 7 nitrogen and oxygen atoms in total. The molecule has 0 bridgehead atoms. The maximum atomic E-state index is 12.7. The molecule has 0 spiro atoms. The van der Waals surface area contributed by atoms with E-state index in [-0.39, 0.29) is 17.9 Å². The van der Waals surface area contributed by atoms with Crippen LogP contribution in [0.1, 0.15) is 31.2 Å². The van der Waals surface area contributed by atoms with Crippen LogP contribution in [-0.2, 0) is 16.1 Å². The zero-order valence-corrected chi connectivity index (χ0v) is 17.1. The smallest absolute Gasteiger partial charge is 0.243 e. The number of aromatic nitrogens is 2. The summed E-state index contributed by atoms with van der Waals surface area (Å²) in [6.45, 7) is 1.97. The van der Waals surface area contributed by atoms with E-state index in [1.807, 2.05) is 29.2 Å². The molecule has 2 aliphatic heterocycles. The van der Waals surface area contributed by atoms with E-state index in [9.17, 15) is 9.59 Å². The van der Waals surface area contributed by atoms with Gasteiger partial charge >= 0.3 is 0 Å². The van der Waals surface area contributed by atoms with Gasteiger partial charge in [-0.2, -0.15) is 0 Å². The number of hydrogen-bond acceptors (Lipinski definition) is 6. The molecule has 1 aromatic carbocycles. The number of amides is 2. The van der Waals surface area contributed by atoms with Gasteiger partial charge in [-0.15, -0.1) is 10.2 Å². The topological polar surface area (TPSA) is 78.4 Å². The first-order valence-corrected chi connectivity index (χ1v) is 10.7. The van der Waals surface area contributed by atoms with Gasteiger partial charge in [0.05, 0.1) is 0 Å². The molecule has 9 heteroatoms. The van der Waals surface area contributed by atoms with Crippen molar-refractivity contribution in [2.24, 2.45) is 0 Å². The highest BCUT2D eigenvalue weighted by atomic mass is 79.9. The predicted molar refractivity (Wildman–Crippen MR) is 108 cm³/mol. The molecule has 142 valence electrons. The molecule has 4 rings (SSSR count). The molecule has 1 N–H and O–H groups in total. The Hall–Kier alpha value is -2.00. The lowest BCUT2D eigenvalue weighted by Crippen LogP contribution is -2.43. The molecule has 1 aromatic heterocycles. The quantitative estimate of drug-likeness (QED) is 0.758. The third-order valence-electron chi connectivity index (χ3n) is 4.86. The number of nitrogens with zero attached hydrogens (tertiary/aromatic N) is 4. The van der Waals surface area contributed by atoms with Gasteiger partial charge in [-0.25, -0.2) is 0 Å². The third kappa shape index (κ3) is 3.98. The van der Waals surface area contributed by atoms with E-state index in [0.717, 1.165) is 35.8 Å². The summed E-state index contributed by atoms with van der Waals surface area (Å²) in [5.74, 6) is 0.101. The first-order chi connectivity index (χ1) is 13.1. The lowest BCUT2D eigenvalue weighted by atomic mass is 10.2. The SMILES string of the molecule is O=C(NCc1cccc(Br)c1)[C@H]1CCCN1c1nnc(N2CCCC2=O)s1. The van der Waals surface area contributed by atoms with Crippen LogP contribution < -0.4 is 15.1 Å². The molecule has 2 amide bonds. The van der Waals surface area contributed by atoms with Gasteiger partial charge in [-0.1, -0.05) is 39.4 Å². The van der Waals surface area contributed by atoms with Crippen LogP contribution in [0.5, 0.6) is 0 Å². The number of anilines is 2. The van der Waals surface area contributed by atoms with Crippen LogP contribution in [0.25, 0.3) is 0 Å². The lowest BCUT2D eigenvalue weighted by Gasteiger charge is -2.22. The molecular formula is C18H20BrN5O2S. The van der Waals surface area contributed by atoms with Crippen LogP contribution in [0.2, 0.25) is 0 Å². The summed E-state index contributed by atoms with van der Waals surface area (Å²) in [6, 6.07) is 7.66. The fourth-order valence-electron chi connectivity index (χ4n) is 3.51. The van der Waals surface area contributed by atoms with Crippen LogP contribution in [0.3, 0.4) is 0 Å². The lowest BCUT2D eigenvalue weighted by molar-refractivity contribution is -0.122. The molecule has 0 radical (unpaired) electrons. The summed E-state index contributed by atoms with van der Waals surface area (Å²) < 4.78 is 0.995. The fourth-order valence-corrected chi connectivity index (χ4v) is 4.92. The van der Waals surface area contributed by atoms with Crippen molar-refractivity contribution in [3.05, 3.63) is 34.3 Å². The van der Waals surface area contributed by atoms with Gasteiger partial charge in [0.15, 0.2) is 0 Å². The van der Waals surface area contributed by atoms with Crippen molar-refractivity contribution in [2.45, 2.75) is 38.3 Å². The fraction of sp³-hybridized carbons (Fsp3) is 0.444. The Morgan fingerprint density at radius 1 is 1.26 bits per heavy atom. The van der Waals surface area contributed by atoms with Crippen molar-refractivity contribution in [1.29, 1.82) is 0 Å². The number of hydrogen-bond donors (Lipinski definition) is 1. The van der Waals surface area contributed by atoms with E-state index in [2.05, 4.69) is 31.4 Å². The van der Waals surface area contributed by atoms with Gasteiger partial charge in [0.1, 0.15) is 6.04 Å². The molecule has 0 saturated carbocycles. The standard InChI is InChI=1S/C18H20BrN5O2S/c19-13-5-1-4-12(10-13)11-20-16(26)14-6-2-8-23(14)17-21-22-18(27-17)24-9-3-7-15(24)25/h1,4-5,10,14H,2-3,6-9,11H2,(H,20,26)/t14-/m1/s1. The molecule has 2 aliphatic rings. The number of nitrogens with one attached hydrogen (secondary N) is 1. The Balaban J connectivity index is 1.42. The van der Waals surface area contributed by atoms with Crippen LogP contribution in [0.4, 0.5) is 10.3 Å². The number of benzene rings is 1. The second-order valence-electron chi connectivity index (χ2n) is 6.72. The molecule has 3 heterocycles. The van der Waals surface area contributed by atoms with Crippen LogP contribution in [-0.4, -0.2) is 41.1 Å². The van der Waals surface area contributed by atoms with E-state index in [0.29, 0.717) is 29.8 Å². The normalized spacial score (nSPS) is 19.7. The van der Waals surface area contributed by atoms with Crippen molar-refractivity contribution in [2.75, 3.05) is 22.9 Å². The number of rotatable bonds is 5. The number of carbonyl (C=O) groups is 2. The highest BCUT2D eigenvalue weighted by molar-refractivity contribution is 9.10. The molecule has 0 unspecified atom stereocenters. The molecular weight excluding hydrogens is 430 g/mol. The van der Waals surface area contributed by atoms with Gasteiger partial charge in [-0.05, 0) is 37.0 Å². The monoisotopic (exact) mass is 449 g/mol. The largest absolute Gasteiger partial charge is 0.350 e. The van der Waals surface area contributed by atoms with E-state index >= 15 is 0 Å². The predicted octanol–water partition coefficient (Wildman–Crippen LogP) is 2.71. The summed E-state index contributed by atoms with van der Waals surface area (Å²) in [4.78, 5) is 28.3. The molecule has 0 aliphatic carbocycles. The Morgan fingerprint density at radius 3 is 2.89 bits per heavy atom. The average Bonchev–Trinajstić information content (AvgIpc) is 3.39. The van der Waals surface area contributed by atoms with Crippen molar-refractivity contribution in [3.63, 3.8) is 0 Å².